The smallest absolute Gasteiger partial charge is 0.133 e. The maximum Gasteiger partial charge on any atom is 0.133 e. The minimum Gasteiger partial charge on any atom is -0.393 e. The van der Waals surface area contributed by atoms with Crippen molar-refractivity contribution in [3.63, 3.8) is 0 Å². The quantitative estimate of drug-likeness (QED) is 0.720. The average Bonchev–Trinajstić information content (AvgIpc) is 2.69. The fourth-order valence-electron chi connectivity index (χ4n) is 7.39. The van der Waals surface area contributed by atoms with Crippen molar-refractivity contribution in [2.75, 3.05) is 0 Å². The Morgan fingerprint density at radius 1 is 1.09 bits per heavy atom. The zero-order chi connectivity index (χ0) is 16.6. The molecule has 0 unspecified atom stereocenters. The second kappa shape index (κ2) is 4.82. The number of ketones is 1. The number of carbonyl (C=O) groups excluding carboxylic acids is 1. The van der Waals surface area contributed by atoms with Gasteiger partial charge in [-0.1, -0.05) is 13.8 Å². The van der Waals surface area contributed by atoms with Crippen LogP contribution in [0.2, 0.25) is 0 Å². The number of fused-ring (bicyclic) bond motifs is 5. The first-order valence-corrected chi connectivity index (χ1v) is 9.61. The molecule has 4 aliphatic carbocycles. The van der Waals surface area contributed by atoms with Crippen LogP contribution in [0.15, 0.2) is 0 Å². The Morgan fingerprint density at radius 3 is 2.57 bits per heavy atom. The van der Waals surface area contributed by atoms with E-state index in [9.17, 15) is 15.0 Å². The van der Waals surface area contributed by atoms with Crippen LogP contribution in [0, 0.1) is 34.5 Å². The highest BCUT2D eigenvalue weighted by Gasteiger charge is 2.65. The molecule has 4 rings (SSSR count). The maximum absolute atomic E-state index is 11.9. The maximum atomic E-state index is 11.9. The van der Waals surface area contributed by atoms with Gasteiger partial charge in [-0.3, -0.25) is 4.79 Å². The van der Waals surface area contributed by atoms with E-state index in [1.807, 2.05) is 6.92 Å². The van der Waals surface area contributed by atoms with Gasteiger partial charge >= 0.3 is 0 Å². The highest BCUT2D eigenvalue weighted by Crippen LogP contribution is 2.67. The fourth-order valence-corrected chi connectivity index (χ4v) is 7.39. The van der Waals surface area contributed by atoms with Crippen LogP contribution in [0.25, 0.3) is 0 Å². The summed E-state index contributed by atoms with van der Waals surface area (Å²) in [6.07, 6.45) is 6.99. The molecule has 0 aromatic carbocycles. The number of aliphatic hydroxyl groups is 2. The van der Waals surface area contributed by atoms with Gasteiger partial charge in [0.1, 0.15) is 5.78 Å². The molecule has 0 aromatic heterocycles. The number of hydrogen-bond donors (Lipinski definition) is 2. The van der Waals surface area contributed by atoms with Gasteiger partial charge < -0.3 is 10.2 Å². The van der Waals surface area contributed by atoms with E-state index in [0.29, 0.717) is 35.9 Å². The molecule has 0 spiro atoms. The molecule has 4 saturated carbocycles. The van der Waals surface area contributed by atoms with E-state index < -0.39 is 5.60 Å². The fraction of sp³-hybridized carbons (Fsp3) is 0.950. The van der Waals surface area contributed by atoms with Crippen LogP contribution in [0.1, 0.15) is 72.1 Å². The number of Topliss-reactive ketones (excluding diaryl/α,β-unsaturated/α-hetero) is 1. The van der Waals surface area contributed by atoms with Crippen molar-refractivity contribution in [1.29, 1.82) is 0 Å². The summed E-state index contributed by atoms with van der Waals surface area (Å²) in [6, 6.07) is 0. The monoisotopic (exact) mass is 320 g/mol. The van der Waals surface area contributed by atoms with Crippen LogP contribution in [-0.2, 0) is 4.79 Å². The molecule has 0 amide bonds. The van der Waals surface area contributed by atoms with Crippen molar-refractivity contribution >= 4 is 5.78 Å². The van der Waals surface area contributed by atoms with Crippen LogP contribution in [0.4, 0.5) is 0 Å². The molecule has 4 fully saturated rings. The molecule has 4 aliphatic rings. The van der Waals surface area contributed by atoms with Gasteiger partial charge in [-0.15, -0.1) is 0 Å². The summed E-state index contributed by atoms with van der Waals surface area (Å²) in [7, 11) is 0. The molecule has 3 heteroatoms. The van der Waals surface area contributed by atoms with E-state index in [2.05, 4.69) is 13.8 Å². The summed E-state index contributed by atoms with van der Waals surface area (Å²) in [5.74, 6) is 2.26. The van der Waals surface area contributed by atoms with Gasteiger partial charge in [-0.2, -0.15) is 0 Å². The van der Waals surface area contributed by atoms with Crippen LogP contribution >= 0.6 is 0 Å². The highest BCUT2D eigenvalue weighted by atomic mass is 16.3. The van der Waals surface area contributed by atoms with E-state index in [1.54, 1.807) is 0 Å². The van der Waals surface area contributed by atoms with Crippen LogP contribution in [0.5, 0.6) is 0 Å². The number of hydrogen-bond acceptors (Lipinski definition) is 3. The standard InChI is InChI=1S/C20H32O3/c1-18-8-6-13(21)10-12(18)4-5-14-15-7-9-20(3,23)19(15,2)11-16(22)17(14)18/h12,14-17,22-23H,4-11H2,1-3H3/t12-,14+,15+,16-,17-,18+,19+,20-/m1/s1. The molecular formula is C20H32O3. The largest absolute Gasteiger partial charge is 0.393 e. The minimum absolute atomic E-state index is 0.117. The van der Waals surface area contributed by atoms with Crippen molar-refractivity contribution in [1.82, 2.24) is 0 Å². The lowest BCUT2D eigenvalue weighted by molar-refractivity contribution is -0.192. The molecule has 0 saturated heterocycles. The van der Waals surface area contributed by atoms with Gasteiger partial charge in [0.15, 0.2) is 0 Å². The zero-order valence-corrected chi connectivity index (χ0v) is 14.8. The van der Waals surface area contributed by atoms with Gasteiger partial charge in [0.25, 0.3) is 0 Å². The SMILES string of the molecule is C[C@]12CCC(=O)C[C@H]1CC[C@@H]1[C@@H]2[C@H](O)C[C@@]2(C)[C@H]1CC[C@@]2(C)O. The Labute approximate surface area is 139 Å². The van der Waals surface area contributed by atoms with Crippen LogP contribution in [-0.4, -0.2) is 27.7 Å². The Hall–Kier alpha value is -0.410. The van der Waals surface area contributed by atoms with Crippen molar-refractivity contribution in [2.24, 2.45) is 34.5 Å². The molecule has 8 atom stereocenters. The van der Waals surface area contributed by atoms with Crippen molar-refractivity contribution in [3.8, 4) is 0 Å². The topological polar surface area (TPSA) is 57.5 Å². The van der Waals surface area contributed by atoms with Crippen LogP contribution < -0.4 is 0 Å². The first kappa shape index (κ1) is 16.1. The first-order chi connectivity index (χ1) is 10.7. The highest BCUT2D eigenvalue weighted by molar-refractivity contribution is 5.79. The average molecular weight is 320 g/mol. The van der Waals surface area contributed by atoms with E-state index >= 15 is 0 Å². The normalized spacial score (nSPS) is 59.2. The third-order valence-electron chi connectivity index (χ3n) is 8.98. The second-order valence-corrected chi connectivity index (χ2v) is 9.82. The second-order valence-electron chi connectivity index (χ2n) is 9.82. The predicted octanol–water partition coefficient (Wildman–Crippen LogP) is 3.32. The lowest BCUT2D eigenvalue weighted by atomic mass is 9.44. The van der Waals surface area contributed by atoms with E-state index in [-0.39, 0.29) is 16.9 Å². The number of rotatable bonds is 0. The molecule has 130 valence electrons. The molecule has 2 N–H and O–H groups in total. The van der Waals surface area contributed by atoms with E-state index in [4.69, 9.17) is 0 Å². The Morgan fingerprint density at radius 2 is 1.83 bits per heavy atom. The van der Waals surface area contributed by atoms with Crippen molar-refractivity contribution in [2.45, 2.75) is 83.8 Å². The Kier molecular flexibility index (Phi) is 3.37. The molecule has 0 heterocycles. The van der Waals surface area contributed by atoms with Gasteiger partial charge in [0.2, 0.25) is 0 Å². The molecule has 0 radical (unpaired) electrons. The zero-order valence-electron chi connectivity index (χ0n) is 14.8. The molecule has 23 heavy (non-hydrogen) atoms. The van der Waals surface area contributed by atoms with E-state index in [0.717, 1.165) is 44.9 Å². The summed E-state index contributed by atoms with van der Waals surface area (Å²) in [6.45, 7) is 6.54. The van der Waals surface area contributed by atoms with Gasteiger partial charge in [0.05, 0.1) is 11.7 Å². The summed E-state index contributed by atoms with van der Waals surface area (Å²) < 4.78 is 0. The third-order valence-corrected chi connectivity index (χ3v) is 8.98. The first-order valence-electron chi connectivity index (χ1n) is 9.61. The summed E-state index contributed by atoms with van der Waals surface area (Å²) in [4.78, 5) is 11.9. The molecular weight excluding hydrogens is 288 g/mol. The van der Waals surface area contributed by atoms with Gasteiger partial charge in [-0.25, -0.2) is 0 Å². The molecule has 3 nitrogen and oxygen atoms in total. The van der Waals surface area contributed by atoms with Crippen molar-refractivity contribution in [3.05, 3.63) is 0 Å². The minimum atomic E-state index is -0.649. The summed E-state index contributed by atoms with van der Waals surface area (Å²) >= 11 is 0. The summed E-state index contributed by atoms with van der Waals surface area (Å²) in [5.41, 5.74) is -0.683. The molecule has 0 bridgehead atoms. The number of aliphatic hydroxyl groups excluding tert-OH is 1. The third kappa shape index (κ3) is 1.99. The predicted molar refractivity (Wildman–Crippen MR) is 88.7 cm³/mol. The van der Waals surface area contributed by atoms with Gasteiger partial charge in [-0.05, 0) is 74.5 Å². The summed E-state index contributed by atoms with van der Waals surface area (Å²) in [5, 5.41) is 22.1. The Bertz CT molecular complexity index is 527. The lowest BCUT2D eigenvalue weighted by Crippen LogP contribution is -2.60. The van der Waals surface area contributed by atoms with Crippen LogP contribution in [0.3, 0.4) is 0 Å². The number of carbonyl (C=O) groups is 1. The Balaban J connectivity index is 1.70. The molecule has 0 aliphatic heterocycles. The van der Waals surface area contributed by atoms with E-state index in [1.165, 1.54) is 0 Å². The van der Waals surface area contributed by atoms with Gasteiger partial charge in [0, 0.05) is 18.3 Å². The van der Waals surface area contributed by atoms with Crippen molar-refractivity contribution < 1.29 is 15.0 Å². The lowest BCUT2D eigenvalue weighted by Gasteiger charge is -2.62. The molecule has 0 aromatic rings.